The molecule has 1 aliphatic heterocycles. The maximum absolute atomic E-state index is 5.56. The van der Waals surface area contributed by atoms with Gasteiger partial charge in [0, 0.05) is 0 Å². The van der Waals surface area contributed by atoms with Crippen molar-refractivity contribution in [1.29, 1.82) is 0 Å². The fourth-order valence-corrected chi connectivity index (χ4v) is 2.90. The van der Waals surface area contributed by atoms with Crippen molar-refractivity contribution in [3.8, 4) is 0 Å². The van der Waals surface area contributed by atoms with E-state index < -0.39 is 6.64 Å². The molecule has 0 spiro atoms. The molecule has 0 aromatic carbocycles. The monoisotopic (exact) mass is 195 g/mol. The van der Waals surface area contributed by atoms with Crippen LogP contribution in [-0.4, -0.2) is 31.5 Å². The molecule has 1 saturated heterocycles. The van der Waals surface area contributed by atoms with Gasteiger partial charge in [-0.1, -0.05) is 0 Å². The molecular formula is C6H14NO2PS. The zero-order valence-electron chi connectivity index (χ0n) is 7.11. The van der Waals surface area contributed by atoms with E-state index in [2.05, 4.69) is 0 Å². The molecule has 2 unspecified atom stereocenters. The van der Waals surface area contributed by atoms with Crippen molar-refractivity contribution >= 4 is 18.4 Å². The molecule has 0 radical (unpaired) electrons. The Kier molecular flexibility index (Phi) is 3.06. The first-order chi connectivity index (χ1) is 5.04. The van der Waals surface area contributed by atoms with E-state index in [1.165, 1.54) is 0 Å². The summed E-state index contributed by atoms with van der Waals surface area (Å²) in [4.78, 5) is 0. The molecule has 5 heteroatoms. The summed E-state index contributed by atoms with van der Waals surface area (Å²) >= 11 is 5.25. The maximum atomic E-state index is 5.56. The smallest absolute Gasteiger partial charge is 0.263 e. The lowest BCUT2D eigenvalue weighted by atomic mass is 10.3. The zero-order valence-corrected chi connectivity index (χ0v) is 8.82. The molecule has 1 aliphatic rings. The summed E-state index contributed by atoms with van der Waals surface area (Å²) in [5.74, 6) is 0. The first-order valence-electron chi connectivity index (χ1n) is 3.65. The van der Waals surface area contributed by atoms with Crippen LogP contribution < -0.4 is 0 Å². The van der Waals surface area contributed by atoms with Crippen molar-refractivity contribution in [3.63, 3.8) is 0 Å². The molecule has 11 heavy (non-hydrogen) atoms. The minimum absolute atomic E-state index is 0.247. The topological polar surface area (TPSA) is 21.7 Å². The summed E-state index contributed by atoms with van der Waals surface area (Å²) in [6, 6.07) is 0. The van der Waals surface area contributed by atoms with E-state index in [-0.39, 0.29) is 6.10 Å². The number of hydrogen-bond donors (Lipinski definition) is 0. The van der Waals surface area contributed by atoms with E-state index in [4.69, 9.17) is 20.9 Å². The van der Waals surface area contributed by atoms with Gasteiger partial charge in [0.2, 0.25) is 0 Å². The van der Waals surface area contributed by atoms with Crippen LogP contribution in [0.25, 0.3) is 0 Å². The van der Waals surface area contributed by atoms with Gasteiger partial charge in [-0.25, -0.2) is 4.67 Å². The van der Waals surface area contributed by atoms with E-state index in [9.17, 15) is 0 Å². The quantitative estimate of drug-likeness (QED) is 0.592. The van der Waals surface area contributed by atoms with E-state index in [1.54, 1.807) is 0 Å². The standard InChI is InChI=1S/C6H14NO2PS/c1-6-4-5-8-10(11,9-6)7(2)3/h6H,4-5H2,1-3H3. The minimum atomic E-state index is -2.07. The number of nitrogens with zero attached hydrogens (tertiary/aromatic N) is 1. The van der Waals surface area contributed by atoms with Crippen LogP contribution in [0.5, 0.6) is 0 Å². The van der Waals surface area contributed by atoms with Crippen LogP contribution in [0.3, 0.4) is 0 Å². The van der Waals surface area contributed by atoms with Crippen LogP contribution in [0.1, 0.15) is 13.3 Å². The Bertz CT molecular complexity index is 185. The molecule has 1 fully saturated rings. The van der Waals surface area contributed by atoms with Gasteiger partial charge in [0.25, 0.3) is 6.64 Å². The lowest BCUT2D eigenvalue weighted by Gasteiger charge is -2.34. The number of rotatable bonds is 1. The van der Waals surface area contributed by atoms with Gasteiger partial charge in [0.05, 0.1) is 12.7 Å². The zero-order chi connectivity index (χ0) is 8.48. The fraction of sp³-hybridized carbons (Fsp3) is 1.00. The third-order valence-corrected chi connectivity index (χ3v) is 5.25. The Morgan fingerprint density at radius 3 is 2.55 bits per heavy atom. The van der Waals surface area contributed by atoms with Crippen LogP contribution in [0.2, 0.25) is 0 Å². The van der Waals surface area contributed by atoms with Gasteiger partial charge >= 0.3 is 0 Å². The van der Waals surface area contributed by atoms with Gasteiger partial charge in [-0.2, -0.15) is 0 Å². The highest BCUT2D eigenvalue weighted by molar-refractivity contribution is 8.08. The molecule has 1 rings (SSSR count). The summed E-state index contributed by atoms with van der Waals surface area (Å²) in [6.07, 6.45) is 1.20. The first-order valence-corrected chi connectivity index (χ1v) is 6.24. The Morgan fingerprint density at radius 2 is 2.18 bits per heavy atom. The predicted molar refractivity (Wildman–Crippen MR) is 49.1 cm³/mol. The van der Waals surface area contributed by atoms with Gasteiger partial charge in [-0.15, -0.1) is 0 Å². The molecule has 2 atom stereocenters. The van der Waals surface area contributed by atoms with Gasteiger partial charge in [-0.3, -0.25) is 0 Å². The molecule has 0 aliphatic carbocycles. The van der Waals surface area contributed by atoms with Crippen LogP contribution in [0.4, 0.5) is 0 Å². The Balaban J connectivity index is 2.63. The second-order valence-corrected chi connectivity index (χ2v) is 6.44. The molecule has 0 bridgehead atoms. The van der Waals surface area contributed by atoms with Crippen molar-refractivity contribution in [2.45, 2.75) is 19.4 Å². The Hall–Kier alpha value is 0.530. The van der Waals surface area contributed by atoms with Crippen molar-refractivity contribution in [2.24, 2.45) is 0 Å². The molecule has 0 aromatic rings. The second-order valence-electron chi connectivity index (χ2n) is 2.85. The normalized spacial score (nSPS) is 39.5. The Morgan fingerprint density at radius 1 is 1.55 bits per heavy atom. The fourth-order valence-electron chi connectivity index (χ4n) is 0.854. The molecule has 0 aromatic heterocycles. The van der Waals surface area contributed by atoms with Crippen molar-refractivity contribution in [1.82, 2.24) is 4.67 Å². The molecular weight excluding hydrogens is 181 g/mol. The number of hydrogen-bond acceptors (Lipinski definition) is 3. The summed E-state index contributed by atoms with van der Waals surface area (Å²) < 4.78 is 12.9. The lowest BCUT2D eigenvalue weighted by Crippen LogP contribution is -2.23. The minimum Gasteiger partial charge on any atom is -0.318 e. The molecule has 0 saturated carbocycles. The molecule has 1 heterocycles. The van der Waals surface area contributed by atoms with E-state index in [0.717, 1.165) is 13.0 Å². The average molecular weight is 195 g/mol. The van der Waals surface area contributed by atoms with Gasteiger partial charge in [0.1, 0.15) is 0 Å². The van der Waals surface area contributed by atoms with Gasteiger partial charge in [-0.05, 0) is 39.2 Å². The van der Waals surface area contributed by atoms with E-state index >= 15 is 0 Å². The largest absolute Gasteiger partial charge is 0.318 e. The molecule has 0 N–H and O–H groups in total. The van der Waals surface area contributed by atoms with Crippen LogP contribution in [0.15, 0.2) is 0 Å². The highest BCUT2D eigenvalue weighted by Crippen LogP contribution is 2.54. The van der Waals surface area contributed by atoms with Crippen LogP contribution in [-0.2, 0) is 20.9 Å². The third-order valence-electron chi connectivity index (χ3n) is 1.58. The molecule has 3 nitrogen and oxygen atoms in total. The summed E-state index contributed by atoms with van der Waals surface area (Å²) in [5.41, 5.74) is 0. The first kappa shape index (κ1) is 9.62. The van der Waals surface area contributed by atoms with Crippen LogP contribution >= 0.6 is 6.64 Å². The lowest BCUT2D eigenvalue weighted by molar-refractivity contribution is 0.100. The second kappa shape index (κ2) is 3.50. The van der Waals surface area contributed by atoms with E-state index in [0.29, 0.717) is 0 Å². The average Bonchev–Trinajstić information content (AvgIpc) is 1.86. The summed E-state index contributed by atoms with van der Waals surface area (Å²) in [5, 5.41) is 0. The molecule has 0 amide bonds. The summed E-state index contributed by atoms with van der Waals surface area (Å²) in [7, 11) is 3.80. The highest BCUT2D eigenvalue weighted by Gasteiger charge is 2.28. The maximum Gasteiger partial charge on any atom is 0.263 e. The van der Waals surface area contributed by atoms with Crippen LogP contribution in [0, 0.1) is 0 Å². The Labute approximate surface area is 72.9 Å². The predicted octanol–water partition coefficient (Wildman–Crippen LogP) is 1.60. The van der Waals surface area contributed by atoms with Crippen molar-refractivity contribution in [2.75, 3.05) is 20.7 Å². The van der Waals surface area contributed by atoms with E-state index in [1.807, 2.05) is 25.7 Å². The van der Waals surface area contributed by atoms with Gasteiger partial charge < -0.3 is 9.05 Å². The highest BCUT2D eigenvalue weighted by atomic mass is 32.5. The summed E-state index contributed by atoms with van der Waals surface area (Å²) in [6.45, 7) is 0.693. The van der Waals surface area contributed by atoms with Crippen molar-refractivity contribution in [3.05, 3.63) is 0 Å². The van der Waals surface area contributed by atoms with Crippen molar-refractivity contribution < 1.29 is 9.05 Å². The third kappa shape index (κ3) is 2.23. The SMILES string of the molecule is CC1CCOP(=S)(N(C)C)O1. The van der Waals surface area contributed by atoms with Gasteiger partial charge in [0.15, 0.2) is 0 Å². The molecule has 66 valence electrons.